The Balaban J connectivity index is 2.13. The lowest BCUT2D eigenvalue weighted by atomic mass is 10.1. The molecule has 0 radical (unpaired) electrons. The van der Waals surface area contributed by atoms with E-state index in [4.69, 9.17) is 10.6 Å². The first-order chi connectivity index (χ1) is 8.74. The summed E-state index contributed by atoms with van der Waals surface area (Å²) in [6, 6.07) is 3.73. The van der Waals surface area contributed by atoms with Crippen molar-refractivity contribution in [2.75, 3.05) is 7.11 Å². The first kappa shape index (κ1) is 12.5. The van der Waals surface area contributed by atoms with Crippen LogP contribution in [0.3, 0.4) is 0 Å². The van der Waals surface area contributed by atoms with Crippen molar-refractivity contribution in [1.29, 1.82) is 0 Å². The van der Waals surface area contributed by atoms with Crippen LogP contribution < -0.4 is 16.0 Å². The minimum absolute atomic E-state index is 0.0554. The van der Waals surface area contributed by atoms with Crippen molar-refractivity contribution >= 4 is 0 Å². The lowest BCUT2D eigenvalue weighted by molar-refractivity contribution is 0.397. The van der Waals surface area contributed by atoms with Gasteiger partial charge in [-0.25, -0.2) is 4.98 Å². The van der Waals surface area contributed by atoms with Crippen LogP contribution in [0.4, 0.5) is 0 Å². The summed E-state index contributed by atoms with van der Waals surface area (Å²) in [5.41, 5.74) is 4.74. The average molecular weight is 248 g/mol. The van der Waals surface area contributed by atoms with E-state index in [2.05, 4.69) is 20.7 Å². The summed E-state index contributed by atoms with van der Waals surface area (Å²) in [5.74, 6) is 6.17. The van der Waals surface area contributed by atoms with Gasteiger partial charge in [-0.05, 0) is 12.0 Å². The Kier molecular flexibility index (Phi) is 3.85. The van der Waals surface area contributed by atoms with E-state index in [0.717, 1.165) is 11.3 Å². The highest BCUT2D eigenvalue weighted by Crippen LogP contribution is 2.16. The van der Waals surface area contributed by atoms with E-state index in [0.29, 0.717) is 12.3 Å². The molecule has 0 spiro atoms. The van der Waals surface area contributed by atoms with Gasteiger partial charge in [0.15, 0.2) is 0 Å². The monoisotopic (exact) mass is 248 g/mol. The molecule has 7 nitrogen and oxygen atoms in total. The molecule has 96 valence electrons. The Morgan fingerprint density at radius 3 is 2.78 bits per heavy atom. The number of aryl methyl sites for hydroxylation is 1. The molecule has 0 aliphatic rings. The molecule has 0 bridgehead atoms. The van der Waals surface area contributed by atoms with Gasteiger partial charge in [-0.15, -0.1) is 5.10 Å². The van der Waals surface area contributed by atoms with Gasteiger partial charge in [-0.1, -0.05) is 11.3 Å². The van der Waals surface area contributed by atoms with E-state index in [1.807, 2.05) is 19.2 Å². The number of nitrogens with two attached hydrogens (primary N) is 1. The molecular weight excluding hydrogens is 232 g/mol. The van der Waals surface area contributed by atoms with Crippen LogP contribution >= 0.6 is 0 Å². The Bertz CT molecular complexity index is 494. The van der Waals surface area contributed by atoms with Crippen molar-refractivity contribution in [3.05, 3.63) is 35.8 Å². The fourth-order valence-electron chi connectivity index (χ4n) is 1.75. The second kappa shape index (κ2) is 5.56. The third kappa shape index (κ3) is 2.63. The fourth-order valence-corrected chi connectivity index (χ4v) is 1.75. The van der Waals surface area contributed by atoms with Crippen LogP contribution in [0.1, 0.15) is 17.3 Å². The van der Waals surface area contributed by atoms with Crippen molar-refractivity contribution in [1.82, 2.24) is 25.4 Å². The summed E-state index contributed by atoms with van der Waals surface area (Å²) < 4.78 is 6.71. The second-order valence-corrected chi connectivity index (χ2v) is 3.91. The highest BCUT2D eigenvalue weighted by Gasteiger charge is 2.15. The number of hydrogen-bond acceptors (Lipinski definition) is 6. The minimum Gasteiger partial charge on any atom is -0.481 e. The predicted octanol–water partition coefficient (Wildman–Crippen LogP) is -0.0342. The van der Waals surface area contributed by atoms with Gasteiger partial charge in [0.05, 0.1) is 25.0 Å². The van der Waals surface area contributed by atoms with Gasteiger partial charge in [0, 0.05) is 19.3 Å². The van der Waals surface area contributed by atoms with Gasteiger partial charge in [-0.3, -0.25) is 16.0 Å². The number of nitrogens with zero attached hydrogens (tertiary/aromatic N) is 4. The smallest absolute Gasteiger partial charge is 0.212 e. The van der Waals surface area contributed by atoms with E-state index in [1.165, 1.54) is 0 Å². The number of hydrogen-bond donors (Lipinski definition) is 2. The standard InChI is InChI=1S/C11H16N6O/c1-17-10(7-14-16-17)9(15-12)5-8-3-4-11(18-2)13-6-8/h3-4,6-7,9,15H,5,12H2,1-2H3. The van der Waals surface area contributed by atoms with E-state index >= 15 is 0 Å². The van der Waals surface area contributed by atoms with Crippen LogP contribution in [0.5, 0.6) is 5.88 Å². The zero-order valence-electron chi connectivity index (χ0n) is 10.4. The summed E-state index contributed by atoms with van der Waals surface area (Å²) in [6.07, 6.45) is 4.17. The number of methoxy groups -OCH3 is 1. The highest BCUT2D eigenvalue weighted by atomic mass is 16.5. The summed E-state index contributed by atoms with van der Waals surface area (Å²) >= 11 is 0. The average Bonchev–Trinajstić information content (AvgIpc) is 2.83. The number of ether oxygens (including phenoxy) is 1. The van der Waals surface area contributed by atoms with Crippen LogP contribution in [-0.2, 0) is 13.5 Å². The van der Waals surface area contributed by atoms with Crippen LogP contribution in [0.15, 0.2) is 24.5 Å². The van der Waals surface area contributed by atoms with Crippen LogP contribution in [-0.4, -0.2) is 27.1 Å². The number of rotatable bonds is 5. The molecule has 0 aliphatic heterocycles. The summed E-state index contributed by atoms with van der Waals surface area (Å²) in [6.45, 7) is 0. The zero-order chi connectivity index (χ0) is 13.0. The molecule has 0 amide bonds. The molecule has 0 saturated heterocycles. The molecule has 2 rings (SSSR count). The third-order valence-corrected chi connectivity index (χ3v) is 2.75. The Labute approximate surface area is 105 Å². The molecule has 2 aromatic heterocycles. The van der Waals surface area contributed by atoms with Crippen LogP contribution in [0.25, 0.3) is 0 Å². The lowest BCUT2D eigenvalue weighted by Crippen LogP contribution is -2.31. The van der Waals surface area contributed by atoms with E-state index in [-0.39, 0.29) is 6.04 Å². The fraction of sp³-hybridized carbons (Fsp3) is 0.364. The summed E-state index contributed by atoms with van der Waals surface area (Å²) in [5, 5.41) is 7.73. The van der Waals surface area contributed by atoms with Gasteiger partial charge in [0.2, 0.25) is 5.88 Å². The van der Waals surface area contributed by atoms with Gasteiger partial charge < -0.3 is 4.74 Å². The Morgan fingerprint density at radius 1 is 1.44 bits per heavy atom. The van der Waals surface area contributed by atoms with Crippen molar-refractivity contribution in [2.24, 2.45) is 12.9 Å². The molecule has 7 heteroatoms. The molecule has 18 heavy (non-hydrogen) atoms. The van der Waals surface area contributed by atoms with Gasteiger partial charge >= 0.3 is 0 Å². The summed E-state index contributed by atoms with van der Waals surface area (Å²) in [4.78, 5) is 4.16. The largest absolute Gasteiger partial charge is 0.481 e. The number of hydrazine groups is 1. The molecule has 0 saturated carbocycles. The molecule has 1 unspecified atom stereocenters. The van der Waals surface area contributed by atoms with Crippen LogP contribution in [0, 0.1) is 0 Å². The molecule has 0 fully saturated rings. The van der Waals surface area contributed by atoms with Gasteiger partial charge in [0.1, 0.15) is 0 Å². The quantitative estimate of drug-likeness (QED) is 0.570. The number of pyridine rings is 1. The van der Waals surface area contributed by atoms with E-state index in [9.17, 15) is 0 Å². The topological polar surface area (TPSA) is 90.9 Å². The summed E-state index contributed by atoms with van der Waals surface area (Å²) in [7, 11) is 3.42. The molecule has 0 aromatic carbocycles. The zero-order valence-corrected chi connectivity index (χ0v) is 10.4. The molecular formula is C11H16N6O. The highest BCUT2D eigenvalue weighted by molar-refractivity contribution is 5.20. The number of nitrogens with one attached hydrogen (secondary N) is 1. The molecule has 2 heterocycles. The molecule has 2 aromatic rings. The second-order valence-electron chi connectivity index (χ2n) is 3.91. The third-order valence-electron chi connectivity index (χ3n) is 2.75. The number of aromatic nitrogens is 4. The van der Waals surface area contributed by atoms with Gasteiger partial charge in [0.25, 0.3) is 0 Å². The first-order valence-electron chi connectivity index (χ1n) is 5.54. The van der Waals surface area contributed by atoms with Gasteiger partial charge in [-0.2, -0.15) is 0 Å². The molecule has 1 atom stereocenters. The van der Waals surface area contributed by atoms with Crippen molar-refractivity contribution in [3.8, 4) is 5.88 Å². The maximum Gasteiger partial charge on any atom is 0.212 e. The van der Waals surface area contributed by atoms with Crippen molar-refractivity contribution in [2.45, 2.75) is 12.5 Å². The molecule has 0 aliphatic carbocycles. The molecule has 3 N–H and O–H groups in total. The van der Waals surface area contributed by atoms with Crippen molar-refractivity contribution < 1.29 is 4.74 Å². The van der Waals surface area contributed by atoms with Crippen molar-refractivity contribution in [3.63, 3.8) is 0 Å². The predicted molar refractivity (Wildman–Crippen MR) is 65.6 cm³/mol. The van der Waals surface area contributed by atoms with E-state index in [1.54, 1.807) is 24.2 Å². The minimum atomic E-state index is -0.0554. The first-order valence-corrected chi connectivity index (χ1v) is 5.54. The lowest BCUT2D eigenvalue weighted by Gasteiger charge is -2.15. The Hall–Kier alpha value is -1.99. The van der Waals surface area contributed by atoms with Crippen LogP contribution in [0.2, 0.25) is 0 Å². The normalized spacial score (nSPS) is 12.4. The van der Waals surface area contributed by atoms with E-state index < -0.39 is 0 Å². The maximum atomic E-state index is 5.57. The SMILES string of the molecule is COc1ccc(CC(NN)c2cnnn2C)cn1. The maximum absolute atomic E-state index is 5.57. The Morgan fingerprint density at radius 2 is 2.28 bits per heavy atom.